The van der Waals surface area contributed by atoms with Gasteiger partial charge in [0.2, 0.25) is 0 Å². The Bertz CT molecular complexity index is 1570. The SMILES string of the molecule is COCCOC1/C=C/CCN(CCOC)S(=O)(=O)NC(=O)c2ccc3c(c2)N(C[C@@H]2CC[C@@H]12)C[C@@]1(CCCc2cc(Cl)ccc21)CO3. The van der Waals surface area contributed by atoms with Gasteiger partial charge in [-0.25, -0.2) is 4.72 Å². The van der Waals surface area contributed by atoms with Crippen molar-refractivity contribution in [3.8, 4) is 5.75 Å². The van der Waals surface area contributed by atoms with Crippen LogP contribution in [0.15, 0.2) is 48.6 Å². The second-order valence-corrected chi connectivity index (χ2v) is 15.3. The standard InChI is InChI=1S/C35H46ClN3O7S/c1-43-17-16-39-15-4-3-7-32(45-19-18-44-2)29-11-8-27(29)22-38-23-35(14-5-6-25-20-28(36)10-12-30(25)35)24-46-33-13-9-26(21-31(33)38)34(40)37-47(39,41)42/h3,7,9-10,12-13,20-21,27,29,32H,4-6,8,11,14-19,22-24H2,1-2H3,(H,37,40)/b7-3+/t27-,29+,32?,35-/m0/s1. The van der Waals surface area contributed by atoms with Crippen molar-refractivity contribution in [2.75, 3.05) is 71.7 Å². The van der Waals surface area contributed by atoms with Crippen LogP contribution in [-0.4, -0.2) is 91.6 Å². The van der Waals surface area contributed by atoms with E-state index >= 15 is 0 Å². The number of halogens is 1. The Hall–Kier alpha value is -2.67. The molecule has 47 heavy (non-hydrogen) atoms. The summed E-state index contributed by atoms with van der Waals surface area (Å²) in [4.78, 5) is 15.9. The average Bonchev–Trinajstić information content (AvgIpc) is 3.18. The first-order chi connectivity index (χ1) is 22.7. The number of anilines is 1. The van der Waals surface area contributed by atoms with Crippen molar-refractivity contribution in [3.63, 3.8) is 0 Å². The number of methoxy groups -OCH3 is 2. The Labute approximate surface area is 283 Å². The highest BCUT2D eigenvalue weighted by Crippen LogP contribution is 2.47. The van der Waals surface area contributed by atoms with E-state index in [1.807, 2.05) is 12.1 Å². The Kier molecular flexibility index (Phi) is 10.8. The van der Waals surface area contributed by atoms with Gasteiger partial charge < -0.3 is 23.8 Å². The highest BCUT2D eigenvalue weighted by Gasteiger charge is 2.44. The predicted molar refractivity (Wildman–Crippen MR) is 182 cm³/mol. The lowest BCUT2D eigenvalue weighted by atomic mass is 9.68. The molecule has 0 radical (unpaired) electrons. The quantitative estimate of drug-likeness (QED) is 0.329. The van der Waals surface area contributed by atoms with E-state index in [2.05, 4.69) is 27.8 Å². The molecule has 4 aliphatic rings. The highest BCUT2D eigenvalue weighted by atomic mass is 35.5. The third-order valence-electron chi connectivity index (χ3n) is 10.2. The van der Waals surface area contributed by atoms with Gasteiger partial charge in [0.05, 0.1) is 38.2 Å². The summed E-state index contributed by atoms with van der Waals surface area (Å²) in [5.74, 6) is 0.653. The van der Waals surface area contributed by atoms with E-state index in [1.165, 1.54) is 22.5 Å². The van der Waals surface area contributed by atoms with Crippen LogP contribution in [0.25, 0.3) is 0 Å². The maximum Gasteiger partial charge on any atom is 0.304 e. The molecule has 6 rings (SSSR count). The molecule has 2 aliphatic carbocycles. The van der Waals surface area contributed by atoms with Gasteiger partial charge in [0.1, 0.15) is 5.75 Å². The molecule has 2 bridgehead atoms. The lowest BCUT2D eigenvalue weighted by molar-refractivity contribution is -0.0309. The molecule has 256 valence electrons. The molecule has 1 fully saturated rings. The van der Waals surface area contributed by atoms with Crippen LogP contribution < -0.4 is 14.4 Å². The zero-order valence-electron chi connectivity index (χ0n) is 27.3. The molecular weight excluding hydrogens is 642 g/mol. The van der Waals surface area contributed by atoms with Gasteiger partial charge in [-0.2, -0.15) is 12.7 Å². The minimum Gasteiger partial charge on any atom is -0.490 e. The van der Waals surface area contributed by atoms with Crippen molar-refractivity contribution in [1.82, 2.24) is 9.03 Å². The number of nitrogens with one attached hydrogen (secondary N) is 1. The monoisotopic (exact) mass is 687 g/mol. The molecular formula is C35H46ClN3O7S. The highest BCUT2D eigenvalue weighted by molar-refractivity contribution is 7.87. The molecule has 1 N–H and O–H groups in total. The Morgan fingerprint density at radius 2 is 1.94 bits per heavy atom. The molecule has 2 aliphatic heterocycles. The van der Waals surface area contributed by atoms with Crippen LogP contribution in [0.5, 0.6) is 5.75 Å². The summed E-state index contributed by atoms with van der Waals surface area (Å²) in [5, 5.41) is 0.736. The molecule has 1 spiro atoms. The first kappa shape index (κ1) is 34.2. The topological polar surface area (TPSA) is 107 Å². The number of amides is 1. The first-order valence-corrected chi connectivity index (χ1v) is 18.4. The molecule has 4 atom stereocenters. The number of aryl methyl sites for hydroxylation is 1. The minimum absolute atomic E-state index is 0.117. The van der Waals surface area contributed by atoms with Crippen LogP contribution in [-0.2, 0) is 36.3 Å². The van der Waals surface area contributed by atoms with Crippen molar-refractivity contribution < 1.29 is 32.2 Å². The molecule has 1 amide bonds. The lowest BCUT2D eigenvalue weighted by Crippen LogP contribution is -2.50. The molecule has 2 heterocycles. The molecule has 0 saturated heterocycles. The second kappa shape index (κ2) is 14.8. The summed E-state index contributed by atoms with van der Waals surface area (Å²) in [6, 6.07) is 11.4. The van der Waals surface area contributed by atoms with Gasteiger partial charge >= 0.3 is 10.2 Å². The van der Waals surface area contributed by atoms with Crippen LogP contribution in [0.4, 0.5) is 5.69 Å². The smallest absolute Gasteiger partial charge is 0.304 e. The van der Waals surface area contributed by atoms with Gasteiger partial charge in [-0.15, -0.1) is 0 Å². The molecule has 0 aromatic heterocycles. The summed E-state index contributed by atoms with van der Waals surface area (Å²) in [7, 11) is -0.959. The molecule has 1 saturated carbocycles. The van der Waals surface area contributed by atoms with Crippen molar-refractivity contribution >= 4 is 33.4 Å². The third-order valence-corrected chi connectivity index (χ3v) is 12.0. The predicted octanol–water partition coefficient (Wildman–Crippen LogP) is 4.75. The number of hydrogen-bond acceptors (Lipinski definition) is 8. The minimum atomic E-state index is -4.15. The van der Waals surface area contributed by atoms with E-state index in [1.54, 1.807) is 25.3 Å². The van der Waals surface area contributed by atoms with Crippen LogP contribution in [0, 0.1) is 11.8 Å². The summed E-state index contributed by atoms with van der Waals surface area (Å²) in [6.07, 6.45) is 9.49. The van der Waals surface area contributed by atoms with Crippen molar-refractivity contribution in [1.29, 1.82) is 0 Å². The summed E-state index contributed by atoms with van der Waals surface area (Å²) in [6.45, 7) is 3.45. The van der Waals surface area contributed by atoms with Gasteiger partial charge in [0.25, 0.3) is 5.91 Å². The number of rotatable bonds is 7. The maximum atomic E-state index is 13.5. The fraction of sp³-hybridized carbons (Fsp3) is 0.571. The van der Waals surface area contributed by atoms with E-state index in [0.29, 0.717) is 44.5 Å². The fourth-order valence-corrected chi connectivity index (χ4v) is 8.95. The lowest BCUT2D eigenvalue weighted by Gasteiger charge is -2.46. The number of carbonyl (C=O) groups excluding carboxylic acids is 1. The average molecular weight is 688 g/mol. The van der Waals surface area contributed by atoms with Gasteiger partial charge in [-0.1, -0.05) is 29.8 Å². The maximum absolute atomic E-state index is 13.5. The summed E-state index contributed by atoms with van der Waals surface area (Å²) in [5.41, 5.74) is 3.32. The van der Waals surface area contributed by atoms with Crippen LogP contribution in [0.3, 0.4) is 0 Å². The van der Waals surface area contributed by atoms with E-state index in [0.717, 1.165) is 49.4 Å². The number of carbonyl (C=O) groups is 1. The fourth-order valence-electron chi connectivity index (χ4n) is 7.62. The second-order valence-electron chi connectivity index (χ2n) is 13.2. The Balaban J connectivity index is 1.40. The number of fused-ring (bicyclic) bond motifs is 4. The molecule has 10 nitrogen and oxygen atoms in total. The van der Waals surface area contributed by atoms with Gasteiger partial charge in [-0.3, -0.25) is 4.79 Å². The number of nitrogens with zero attached hydrogens (tertiary/aromatic N) is 2. The number of hydrogen-bond donors (Lipinski definition) is 1. The summed E-state index contributed by atoms with van der Waals surface area (Å²) < 4.78 is 54.0. The zero-order valence-corrected chi connectivity index (χ0v) is 28.9. The Morgan fingerprint density at radius 3 is 2.72 bits per heavy atom. The Morgan fingerprint density at radius 1 is 1.09 bits per heavy atom. The molecule has 2 aromatic rings. The van der Waals surface area contributed by atoms with E-state index in [4.69, 9.17) is 30.5 Å². The van der Waals surface area contributed by atoms with Crippen LogP contribution >= 0.6 is 11.6 Å². The van der Waals surface area contributed by atoms with Crippen molar-refractivity contribution in [2.45, 2.75) is 50.0 Å². The van der Waals surface area contributed by atoms with Crippen LogP contribution in [0.2, 0.25) is 5.02 Å². The van der Waals surface area contributed by atoms with Gasteiger partial charge in [0, 0.05) is 56.4 Å². The molecule has 12 heteroatoms. The van der Waals surface area contributed by atoms with E-state index in [-0.39, 0.29) is 42.7 Å². The first-order valence-electron chi connectivity index (χ1n) is 16.6. The van der Waals surface area contributed by atoms with E-state index < -0.39 is 16.1 Å². The number of benzene rings is 2. The van der Waals surface area contributed by atoms with Crippen molar-refractivity contribution in [2.24, 2.45) is 11.8 Å². The largest absolute Gasteiger partial charge is 0.490 e. The zero-order chi connectivity index (χ0) is 33.0. The third kappa shape index (κ3) is 7.50. The van der Waals surface area contributed by atoms with Gasteiger partial charge in [-0.05, 0) is 91.8 Å². The molecule has 1 unspecified atom stereocenters. The van der Waals surface area contributed by atoms with E-state index in [9.17, 15) is 13.2 Å². The molecule has 2 aromatic carbocycles. The summed E-state index contributed by atoms with van der Waals surface area (Å²) >= 11 is 6.43. The van der Waals surface area contributed by atoms with Gasteiger partial charge in [0.15, 0.2) is 0 Å². The van der Waals surface area contributed by atoms with Crippen LogP contribution in [0.1, 0.15) is 53.6 Å². The van der Waals surface area contributed by atoms with Crippen molar-refractivity contribution in [3.05, 3.63) is 70.3 Å². The normalized spacial score (nSPS) is 28.3. The number of ether oxygens (including phenoxy) is 4.